The summed E-state index contributed by atoms with van der Waals surface area (Å²) >= 11 is 0. The minimum atomic E-state index is 0.914. The van der Waals surface area contributed by atoms with Crippen molar-refractivity contribution in [2.45, 2.75) is 79.6 Å². The number of hydrogen-bond acceptors (Lipinski definition) is 0. The van der Waals surface area contributed by atoms with Crippen LogP contribution >= 0.6 is 0 Å². The fraction of sp³-hybridized carbons (Fsp3) is 0.875. The molecule has 0 fully saturated rings. The largest absolute Gasteiger partial charge is 0.0885 e. The highest BCUT2D eigenvalue weighted by Gasteiger charge is 2.12. The van der Waals surface area contributed by atoms with Gasteiger partial charge >= 0.3 is 0 Å². The summed E-state index contributed by atoms with van der Waals surface area (Å²) in [5, 5.41) is 0. The molecule has 0 bridgehead atoms. The smallest absolute Gasteiger partial charge is 0.0321 e. The molecule has 16 heavy (non-hydrogen) atoms. The zero-order chi connectivity index (χ0) is 12.4. The molecule has 2 atom stereocenters. The lowest BCUT2D eigenvalue weighted by molar-refractivity contribution is 0.308. The quantitative estimate of drug-likeness (QED) is 0.334. The third-order valence-electron chi connectivity index (χ3n) is 4.16. The van der Waals surface area contributed by atoms with Gasteiger partial charge in [0.05, 0.1) is 0 Å². The van der Waals surface area contributed by atoms with Crippen LogP contribution in [0.5, 0.6) is 0 Å². The third kappa shape index (κ3) is 6.35. The Morgan fingerprint density at radius 1 is 1.06 bits per heavy atom. The monoisotopic (exact) mass is 224 g/mol. The maximum absolute atomic E-state index is 2.41. The van der Waals surface area contributed by atoms with Gasteiger partial charge in [0.25, 0.3) is 0 Å². The molecule has 0 nitrogen and oxygen atoms in total. The van der Waals surface area contributed by atoms with Crippen LogP contribution in [0.25, 0.3) is 0 Å². The van der Waals surface area contributed by atoms with E-state index in [0.29, 0.717) is 0 Å². The van der Waals surface area contributed by atoms with Gasteiger partial charge in [-0.15, -0.1) is 0 Å². The molecular weight excluding hydrogens is 192 g/mol. The first-order valence-corrected chi connectivity index (χ1v) is 7.33. The van der Waals surface area contributed by atoms with E-state index < -0.39 is 0 Å². The van der Waals surface area contributed by atoms with Gasteiger partial charge in [0.1, 0.15) is 0 Å². The summed E-state index contributed by atoms with van der Waals surface area (Å²) in [5.41, 5.74) is 1.64. The molecule has 0 aromatic carbocycles. The second-order valence-corrected chi connectivity index (χ2v) is 5.10. The number of unbranched alkanes of at least 4 members (excludes halogenated alkanes) is 1. The lowest BCUT2D eigenvalue weighted by Gasteiger charge is -2.21. The highest BCUT2D eigenvalue weighted by molar-refractivity contribution is 4.98. The SMILES string of the molecule is CC=C(CC)CCCCC(CC)C(C)CC. The Hall–Kier alpha value is -0.260. The van der Waals surface area contributed by atoms with Crippen molar-refractivity contribution in [3.63, 3.8) is 0 Å². The van der Waals surface area contributed by atoms with Gasteiger partial charge in [-0.1, -0.05) is 65.0 Å². The standard InChI is InChI=1S/C16H32/c1-6-14(5)16(9-4)13-11-10-12-15(7-2)8-3/h7,14,16H,6,8-13H2,1-5H3. The highest BCUT2D eigenvalue weighted by atomic mass is 14.2. The van der Waals surface area contributed by atoms with Crippen molar-refractivity contribution in [2.75, 3.05) is 0 Å². The molecule has 0 aromatic rings. The zero-order valence-electron chi connectivity index (χ0n) is 12.2. The summed E-state index contributed by atoms with van der Waals surface area (Å²) in [6.45, 7) is 11.5. The molecule has 0 aliphatic carbocycles. The molecule has 0 heteroatoms. The average Bonchev–Trinajstić information content (AvgIpc) is 2.33. The van der Waals surface area contributed by atoms with Crippen molar-refractivity contribution >= 4 is 0 Å². The first-order chi connectivity index (χ1) is 7.69. The van der Waals surface area contributed by atoms with Crippen molar-refractivity contribution in [2.24, 2.45) is 11.8 Å². The van der Waals surface area contributed by atoms with Crippen molar-refractivity contribution < 1.29 is 0 Å². The first kappa shape index (κ1) is 15.7. The van der Waals surface area contributed by atoms with Gasteiger partial charge in [0, 0.05) is 0 Å². The van der Waals surface area contributed by atoms with E-state index in [4.69, 9.17) is 0 Å². The number of allylic oxidation sites excluding steroid dienone is 2. The Balaban J connectivity index is 3.71. The topological polar surface area (TPSA) is 0 Å². The van der Waals surface area contributed by atoms with Gasteiger partial charge < -0.3 is 0 Å². The Labute approximate surface area is 104 Å². The van der Waals surface area contributed by atoms with Gasteiger partial charge in [0.15, 0.2) is 0 Å². The third-order valence-corrected chi connectivity index (χ3v) is 4.16. The van der Waals surface area contributed by atoms with Crippen LogP contribution in [0, 0.1) is 11.8 Å². The fourth-order valence-corrected chi connectivity index (χ4v) is 2.51. The zero-order valence-corrected chi connectivity index (χ0v) is 12.2. The molecule has 0 rings (SSSR count). The van der Waals surface area contributed by atoms with Gasteiger partial charge in [0.2, 0.25) is 0 Å². The Bertz CT molecular complexity index is 178. The van der Waals surface area contributed by atoms with E-state index in [0.717, 1.165) is 11.8 Å². The first-order valence-electron chi connectivity index (χ1n) is 7.33. The summed E-state index contributed by atoms with van der Waals surface area (Å²) in [6, 6.07) is 0. The summed E-state index contributed by atoms with van der Waals surface area (Å²) < 4.78 is 0. The molecule has 0 heterocycles. The van der Waals surface area contributed by atoms with Gasteiger partial charge in [-0.05, 0) is 38.0 Å². The molecule has 0 amide bonds. The average molecular weight is 224 g/mol. The number of hydrogen-bond donors (Lipinski definition) is 0. The Morgan fingerprint density at radius 3 is 2.19 bits per heavy atom. The summed E-state index contributed by atoms with van der Waals surface area (Å²) in [4.78, 5) is 0. The van der Waals surface area contributed by atoms with Crippen LogP contribution in [0.4, 0.5) is 0 Å². The second kappa shape index (κ2) is 9.93. The van der Waals surface area contributed by atoms with E-state index in [1.165, 1.54) is 44.9 Å². The minimum Gasteiger partial charge on any atom is -0.0885 e. The highest BCUT2D eigenvalue weighted by Crippen LogP contribution is 2.25. The molecule has 0 aliphatic heterocycles. The maximum atomic E-state index is 2.41. The predicted molar refractivity (Wildman–Crippen MR) is 75.8 cm³/mol. The van der Waals surface area contributed by atoms with Crippen molar-refractivity contribution in [1.29, 1.82) is 0 Å². The van der Waals surface area contributed by atoms with Crippen LogP contribution in [0.2, 0.25) is 0 Å². The summed E-state index contributed by atoms with van der Waals surface area (Å²) in [6.07, 6.45) is 11.8. The predicted octanol–water partition coefficient (Wildman–Crippen LogP) is 5.98. The van der Waals surface area contributed by atoms with Crippen LogP contribution in [0.1, 0.15) is 79.6 Å². The fourth-order valence-electron chi connectivity index (χ4n) is 2.51. The van der Waals surface area contributed by atoms with Gasteiger partial charge in [-0.25, -0.2) is 0 Å². The molecule has 0 radical (unpaired) electrons. The van der Waals surface area contributed by atoms with E-state index in [1.54, 1.807) is 5.57 Å². The normalized spacial score (nSPS) is 16.2. The van der Waals surface area contributed by atoms with E-state index >= 15 is 0 Å². The molecular formula is C16H32. The van der Waals surface area contributed by atoms with Crippen LogP contribution in [-0.2, 0) is 0 Å². The minimum absolute atomic E-state index is 0.914. The molecule has 0 N–H and O–H groups in total. The van der Waals surface area contributed by atoms with Crippen LogP contribution in [-0.4, -0.2) is 0 Å². The maximum Gasteiger partial charge on any atom is -0.0321 e. The summed E-state index contributed by atoms with van der Waals surface area (Å²) in [5.74, 6) is 1.87. The Morgan fingerprint density at radius 2 is 1.75 bits per heavy atom. The van der Waals surface area contributed by atoms with E-state index in [2.05, 4.69) is 40.7 Å². The molecule has 0 aliphatic rings. The molecule has 0 saturated heterocycles. The van der Waals surface area contributed by atoms with Crippen LogP contribution in [0.3, 0.4) is 0 Å². The van der Waals surface area contributed by atoms with Gasteiger partial charge in [-0.3, -0.25) is 0 Å². The van der Waals surface area contributed by atoms with Crippen LogP contribution < -0.4 is 0 Å². The molecule has 2 unspecified atom stereocenters. The molecule has 0 aromatic heterocycles. The number of rotatable bonds is 9. The van der Waals surface area contributed by atoms with Crippen LogP contribution in [0.15, 0.2) is 11.6 Å². The summed E-state index contributed by atoms with van der Waals surface area (Å²) in [7, 11) is 0. The lowest BCUT2D eigenvalue weighted by atomic mass is 9.85. The Kier molecular flexibility index (Phi) is 9.77. The van der Waals surface area contributed by atoms with E-state index in [9.17, 15) is 0 Å². The van der Waals surface area contributed by atoms with Crippen molar-refractivity contribution in [3.8, 4) is 0 Å². The molecule has 0 saturated carbocycles. The molecule has 0 spiro atoms. The second-order valence-electron chi connectivity index (χ2n) is 5.10. The van der Waals surface area contributed by atoms with Crippen molar-refractivity contribution in [1.82, 2.24) is 0 Å². The van der Waals surface area contributed by atoms with Crippen molar-refractivity contribution in [3.05, 3.63) is 11.6 Å². The van der Waals surface area contributed by atoms with E-state index in [-0.39, 0.29) is 0 Å². The van der Waals surface area contributed by atoms with Gasteiger partial charge in [-0.2, -0.15) is 0 Å². The molecule has 96 valence electrons. The van der Waals surface area contributed by atoms with E-state index in [1.807, 2.05) is 0 Å². The lowest BCUT2D eigenvalue weighted by Crippen LogP contribution is -2.09.